The summed E-state index contributed by atoms with van der Waals surface area (Å²) in [7, 11) is -3.46. The highest BCUT2D eigenvalue weighted by atomic mass is 32.2. The lowest BCUT2D eigenvalue weighted by Crippen LogP contribution is -2.34. The molecule has 7 heteroatoms. The first-order chi connectivity index (χ1) is 9.16. The normalized spacial score (nSPS) is 16.9. The van der Waals surface area contributed by atoms with Crippen LogP contribution >= 0.6 is 0 Å². The minimum Gasteiger partial charge on any atom is -0.313 e. The Balaban J connectivity index is 2.16. The number of nitrogens with one attached hydrogen (secondary N) is 2. The second-order valence-corrected chi connectivity index (χ2v) is 6.40. The van der Waals surface area contributed by atoms with Crippen molar-refractivity contribution in [2.24, 2.45) is 0 Å². The van der Waals surface area contributed by atoms with Gasteiger partial charge in [0.15, 0.2) is 5.03 Å². The summed E-state index contributed by atoms with van der Waals surface area (Å²) in [6.07, 6.45) is 7.23. The van der Waals surface area contributed by atoms with Crippen molar-refractivity contribution in [1.29, 1.82) is 0 Å². The Morgan fingerprint density at radius 2 is 2.32 bits per heavy atom. The van der Waals surface area contributed by atoms with Crippen molar-refractivity contribution in [3.63, 3.8) is 0 Å². The van der Waals surface area contributed by atoms with Crippen molar-refractivity contribution in [3.05, 3.63) is 23.9 Å². The molecule has 0 unspecified atom stereocenters. The molecule has 1 aromatic rings. The van der Waals surface area contributed by atoms with Crippen LogP contribution in [0.1, 0.15) is 25.3 Å². The standard InChI is InChI=1S/C12H20N4O2S/c1-2-6-13-9-11-10-14-15-12(11)19(17,18)16-7-4-3-5-8-16/h3-4,10,13H,2,5-9H2,1H3,(H,14,15). The molecule has 2 N–H and O–H groups in total. The summed E-state index contributed by atoms with van der Waals surface area (Å²) >= 11 is 0. The van der Waals surface area contributed by atoms with Gasteiger partial charge < -0.3 is 5.32 Å². The molecule has 0 fully saturated rings. The van der Waals surface area contributed by atoms with Crippen LogP contribution < -0.4 is 5.32 Å². The van der Waals surface area contributed by atoms with E-state index in [-0.39, 0.29) is 5.03 Å². The van der Waals surface area contributed by atoms with E-state index in [0.717, 1.165) is 19.4 Å². The van der Waals surface area contributed by atoms with Gasteiger partial charge in [-0.25, -0.2) is 8.42 Å². The molecule has 1 aliphatic heterocycles. The van der Waals surface area contributed by atoms with E-state index in [1.165, 1.54) is 4.31 Å². The van der Waals surface area contributed by atoms with Crippen molar-refractivity contribution in [2.75, 3.05) is 19.6 Å². The minimum atomic E-state index is -3.46. The Hall–Kier alpha value is -1.18. The number of H-pyrrole nitrogens is 1. The van der Waals surface area contributed by atoms with Crippen LogP contribution in [0.2, 0.25) is 0 Å². The van der Waals surface area contributed by atoms with E-state index in [1.54, 1.807) is 6.20 Å². The number of rotatable bonds is 6. The van der Waals surface area contributed by atoms with Gasteiger partial charge in [-0.05, 0) is 19.4 Å². The van der Waals surface area contributed by atoms with E-state index >= 15 is 0 Å². The summed E-state index contributed by atoms with van der Waals surface area (Å²) < 4.78 is 26.5. The fraction of sp³-hybridized carbons (Fsp3) is 0.583. The van der Waals surface area contributed by atoms with Gasteiger partial charge in [0.25, 0.3) is 10.0 Å². The molecule has 106 valence electrons. The average Bonchev–Trinajstić information content (AvgIpc) is 2.89. The highest BCUT2D eigenvalue weighted by molar-refractivity contribution is 7.89. The third-order valence-electron chi connectivity index (χ3n) is 3.04. The largest absolute Gasteiger partial charge is 0.313 e. The lowest BCUT2D eigenvalue weighted by atomic mass is 10.3. The maximum absolute atomic E-state index is 12.5. The zero-order chi connectivity index (χ0) is 13.7. The summed E-state index contributed by atoms with van der Waals surface area (Å²) in [5, 5.41) is 9.91. The van der Waals surface area contributed by atoms with Gasteiger partial charge in [-0.15, -0.1) is 0 Å². The SMILES string of the molecule is CCCNCc1cn[nH]c1S(=O)(=O)N1CC=CCC1. The van der Waals surface area contributed by atoms with Crippen molar-refractivity contribution in [1.82, 2.24) is 19.8 Å². The van der Waals surface area contributed by atoms with E-state index < -0.39 is 10.0 Å². The smallest absolute Gasteiger partial charge is 0.260 e. The Bertz CT molecular complexity index is 536. The van der Waals surface area contributed by atoms with Gasteiger partial charge in [-0.2, -0.15) is 9.40 Å². The van der Waals surface area contributed by atoms with Crippen molar-refractivity contribution in [2.45, 2.75) is 31.3 Å². The van der Waals surface area contributed by atoms with E-state index in [1.807, 2.05) is 12.2 Å². The average molecular weight is 284 g/mol. The van der Waals surface area contributed by atoms with Gasteiger partial charge in [-0.3, -0.25) is 5.10 Å². The second kappa shape index (κ2) is 6.31. The Kier molecular flexibility index (Phi) is 4.73. The first kappa shape index (κ1) is 14.2. The number of aromatic nitrogens is 2. The maximum Gasteiger partial charge on any atom is 0.260 e. The van der Waals surface area contributed by atoms with Crippen molar-refractivity contribution in [3.8, 4) is 0 Å². The lowest BCUT2D eigenvalue weighted by molar-refractivity contribution is 0.434. The molecule has 19 heavy (non-hydrogen) atoms. The third-order valence-corrected chi connectivity index (χ3v) is 4.92. The van der Waals surface area contributed by atoms with Gasteiger partial charge in [0.05, 0.1) is 6.20 Å². The molecule has 0 atom stereocenters. The zero-order valence-corrected chi connectivity index (χ0v) is 11.9. The van der Waals surface area contributed by atoms with Crippen molar-refractivity contribution >= 4 is 10.0 Å². The number of aromatic amines is 1. The van der Waals surface area contributed by atoms with E-state index in [4.69, 9.17) is 0 Å². The predicted octanol–water partition coefficient (Wildman–Crippen LogP) is 0.860. The fourth-order valence-corrected chi connectivity index (χ4v) is 3.53. The van der Waals surface area contributed by atoms with Gasteiger partial charge in [0.1, 0.15) is 0 Å². The third kappa shape index (κ3) is 3.23. The van der Waals surface area contributed by atoms with Gasteiger partial charge >= 0.3 is 0 Å². The predicted molar refractivity (Wildman–Crippen MR) is 73.1 cm³/mol. The highest BCUT2D eigenvalue weighted by Gasteiger charge is 2.28. The lowest BCUT2D eigenvalue weighted by Gasteiger charge is -2.22. The van der Waals surface area contributed by atoms with Crippen LogP contribution in [0.5, 0.6) is 0 Å². The van der Waals surface area contributed by atoms with E-state index in [2.05, 4.69) is 22.4 Å². The van der Waals surface area contributed by atoms with Gasteiger partial charge in [-0.1, -0.05) is 19.1 Å². The molecule has 1 aromatic heterocycles. The number of hydrogen-bond donors (Lipinski definition) is 2. The number of sulfonamides is 1. The first-order valence-corrected chi connectivity index (χ1v) is 7.98. The molecule has 1 aliphatic rings. The Labute approximate surface area is 113 Å². The summed E-state index contributed by atoms with van der Waals surface area (Å²) in [4.78, 5) is 0. The molecule has 6 nitrogen and oxygen atoms in total. The zero-order valence-electron chi connectivity index (χ0n) is 11.1. The van der Waals surface area contributed by atoms with Crippen LogP contribution in [-0.4, -0.2) is 42.6 Å². The van der Waals surface area contributed by atoms with Gasteiger partial charge in [0, 0.05) is 25.2 Å². The summed E-state index contributed by atoms with van der Waals surface area (Å²) in [6, 6.07) is 0. The quantitative estimate of drug-likeness (QED) is 0.600. The molecular formula is C12H20N4O2S. The minimum absolute atomic E-state index is 0.214. The van der Waals surface area contributed by atoms with Gasteiger partial charge in [0.2, 0.25) is 0 Å². The molecule has 0 aliphatic carbocycles. The molecule has 0 spiro atoms. The Morgan fingerprint density at radius 3 is 3.00 bits per heavy atom. The second-order valence-electron chi connectivity index (χ2n) is 4.52. The molecular weight excluding hydrogens is 264 g/mol. The molecule has 0 bridgehead atoms. The topological polar surface area (TPSA) is 78.1 Å². The maximum atomic E-state index is 12.5. The molecule has 0 saturated heterocycles. The number of nitrogens with zero attached hydrogens (tertiary/aromatic N) is 2. The number of hydrogen-bond acceptors (Lipinski definition) is 4. The Morgan fingerprint density at radius 1 is 1.47 bits per heavy atom. The van der Waals surface area contributed by atoms with Crippen LogP contribution in [0.15, 0.2) is 23.4 Å². The summed E-state index contributed by atoms with van der Waals surface area (Å²) in [6.45, 7) is 4.41. The van der Waals surface area contributed by atoms with E-state index in [9.17, 15) is 8.42 Å². The van der Waals surface area contributed by atoms with Crippen LogP contribution in [0.25, 0.3) is 0 Å². The van der Waals surface area contributed by atoms with Crippen LogP contribution in [0.4, 0.5) is 0 Å². The summed E-state index contributed by atoms with van der Waals surface area (Å²) in [5.74, 6) is 0. The molecule has 0 saturated carbocycles. The van der Waals surface area contributed by atoms with E-state index in [0.29, 0.717) is 25.2 Å². The molecule has 2 rings (SSSR count). The van der Waals surface area contributed by atoms with Crippen LogP contribution in [-0.2, 0) is 16.6 Å². The molecule has 0 amide bonds. The molecule has 2 heterocycles. The first-order valence-electron chi connectivity index (χ1n) is 6.54. The molecule has 0 radical (unpaired) electrons. The monoisotopic (exact) mass is 284 g/mol. The van der Waals surface area contributed by atoms with Crippen LogP contribution in [0, 0.1) is 0 Å². The summed E-state index contributed by atoms with van der Waals surface area (Å²) in [5.41, 5.74) is 0.697. The molecule has 0 aromatic carbocycles. The highest BCUT2D eigenvalue weighted by Crippen LogP contribution is 2.19. The fourth-order valence-electron chi connectivity index (χ4n) is 2.02. The van der Waals surface area contributed by atoms with Crippen molar-refractivity contribution < 1.29 is 8.42 Å². The van der Waals surface area contributed by atoms with Crippen LogP contribution in [0.3, 0.4) is 0 Å².